The molecule has 2 heterocycles. The highest BCUT2D eigenvalue weighted by Crippen LogP contribution is 2.32. The first-order chi connectivity index (χ1) is 11.4. The molecule has 1 aliphatic heterocycles. The fourth-order valence-corrected chi connectivity index (χ4v) is 4.41. The number of carbonyl (C=O) groups is 1. The molecule has 2 aliphatic rings. The second kappa shape index (κ2) is 6.58. The number of piperidine rings is 1. The summed E-state index contributed by atoms with van der Waals surface area (Å²) in [7, 11) is -1.70. The van der Waals surface area contributed by atoms with Crippen molar-refractivity contribution in [2.24, 2.45) is 0 Å². The molecule has 1 aromatic rings. The van der Waals surface area contributed by atoms with Crippen molar-refractivity contribution >= 4 is 21.6 Å². The molecule has 7 nitrogen and oxygen atoms in total. The molecule has 0 spiro atoms. The summed E-state index contributed by atoms with van der Waals surface area (Å²) in [5, 5.41) is -0.245. The lowest BCUT2D eigenvalue weighted by Crippen LogP contribution is -2.40. The molecular formula is C16H23N3O4S. The minimum Gasteiger partial charge on any atom is -0.474 e. The Balaban J connectivity index is 1.58. The number of pyridine rings is 1. The van der Waals surface area contributed by atoms with Gasteiger partial charge in [-0.2, -0.15) is 0 Å². The van der Waals surface area contributed by atoms with E-state index < -0.39 is 10.0 Å². The molecule has 1 saturated heterocycles. The van der Waals surface area contributed by atoms with Crippen LogP contribution in [0.4, 0.5) is 5.69 Å². The Morgan fingerprint density at radius 2 is 1.92 bits per heavy atom. The molecule has 0 atom stereocenters. The van der Waals surface area contributed by atoms with E-state index in [1.165, 1.54) is 10.5 Å². The molecule has 1 amide bonds. The molecule has 0 aromatic carbocycles. The van der Waals surface area contributed by atoms with Crippen molar-refractivity contribution < 1.29 is 17.9 Å². The Hall–Kier alpha value is -1.83. The fourth-order valence-electron chi connectivity index (χ4n) is 2.82. The van der Waals surface area contributed by atoms with Crippen LogP contribution in [-0.2, 0) is 14.8 Å². The molecule has 132 valence electrons. The summed E-state index contributed by atoms with van der Waals surface area (Å²) in [6.45, 7) is 2.97. The minimum absolute atomic E-state index is 0.0341. The Bertz CT molecular complexity index is 693. The van der Waals surface area contributed by atoms with Gasteiger partial charge in [-0.25, -0.2) is 13.4 Å². The number of hydrogen-bond donors (Lipinski definition) is 0. The summed E-state index contributed by atoms with van der Waals surface area (Å²) < 4.78 is 31.6. The van der Waals surface area contributed by atoms with Gasteiger partial charge in [0.05, 0.1) is 17.1 Å². The summed E-state index contributed by atoms with van der Waals surface area (Å²) >= 11 is 0. The van der Waals surface area contributed by atoms with Crippen molar-refractivity contribution in [1.29, 1.82) is 0 Å². The van der Waals surface area contributed by atoms with Crippen molar-refractivity contribution in [3.63, 3.8) is 0 Å². The molecular weight excluding hydrogens is 330 g/mol. The van der Waals surface area contributed by atoms with Crippen LogP contribution in [0, 0.1) is 0 Å². The third-order valence-corrected chi connectivity index (χ3v) is 6.87. The van der Waals surface area contributed by atoms with Gasteiger partial charge in [-0.1, -0.05) is 0 Å². The van der Waals surface area contributed by atoms with E-state index in [2.05, 4.69) is 4.98 Å². The molecule has 1 aliphatic carbocycles. The maximum Gasteiger partial charge on any atom is 0.237 e. The van der Waals surface area contributed by atoms with Gasteiger partial charge in [0.2, 0.25) is 21.8 Å². The average Bonchev–Trinajstić information content (AvgIpc) is 3.41. The monoisotopic (exact) mass is 353 g/mol. The van der Waals surface area contributed by atoms with Crippen LogP contribution in [0.3, 0.4) is 0 Å². The van der Waals surface area contributed by atoms with Gasteiger partial charge in [-0.05, 0) is 18.9 Å². The Labute approximate surface area is 142 Å². The smallest absolute Gasteiger partial charge is 0.237 e. The third kappa shape index (κ3) is 3.63. The van der Waals surface area contributed by atoms with Gasteiger partial charge in [0, 0.05) is 46.0 Å². The van der Waals surface area contributed by atoms with Crippen molar-refractivity contribution in [3.8, 4) is 5.88 Å². The molecule has 24 heavy (non-hydrogen) atoms. The molecule has 3 rings (SSSR count). The molecule has 1 aromatic heterocycles. The number of amides is 1. The summed E-state index contributed by atoms with van der Waals surface area (Å²) in [5.74, 6) is 0.577. The number of aromatic nitrogens is 1. The highest BCUT2D eigenvalue weighted by Gasteiger charge is 2.38. The van der Waals surface area contributed by atoms with Gasteiger partial charge in [0.1, 0.15) is 6.10 Å². The van der Waals surface area contributed by atoms with E-state index in [4.69, 9.17) is 4.74 Å². The van der Waals surface area contributed by atoms with E-state index in [0.717, 1.165) is 25.7 Å². The highest BCUT2D eigenvalue weighted by atomic mass is 32.2. The van der Waals surface area contributed by atoms with Gasteiger partial charge < -0.3 is 9.64 Å². The Kier molecular flexibility index (Phi) is 4.67. The van der Waals surface area contributed by atoms with Gasteiger partial charge in [0.25, 0.3) is 0 Å². The van der Waals surface area contributed by atoms with Crippen LogP contribution in [-0.4, -0.2) is 55.7 Å². The van der Waals surface area contributed by atoms with Crippen molar-refractivity contribution in [1.82, 2.24) is 9.88 Å². The van der Waals surface area contributed by atoms with Crippen LogP contribution in [0.1, 0.15) is 32.6 Å². The summed E-state index contributed by atoms with van der Waals surface area (Å²) in [5.41, 5.74) is 0.542. The predicted octanol–water partition coefficient (Wildman–Crippen LogP) is 1.40. The van der Waals surface area contributed by atoms with Crippen LogP contribution >= 0.6 is 0 Å². The molecule has 0 unspecified atom stereocenters. The first-order valence-corrected chi connectivity index (χ1v) is 9.74. The molecule has 0 bridgehead atoms. The molecule has 0 radical (unpaired) electrons. The molecule has 8 heteroatoms. The first kappa shape index (κ1) is 17.0. The van der Waals surface area contributed by atoms with E-state index in [1.807, 2.05) is 4.90 Å². The van der Waals surface area contributed by atoms with Gasteiger partial charge in [-0.3, -0.25) is 9.10 Å². The number of rotatable bonds is 5. The van der Waals surface area contributed by atoms with E-state index in [-0.39, 0.29) is 17.3 Å². The van der Waals surface area contributed by atoms with E-state index >= 15 is 0 Å². The topological polar surface area (TPSA) is 79.8 Å². The number of carbonyl (C=O) groups excluding carboxylic acids is 1. The number of ether oxygens (including phenoxy) is 1. The van der Waals surface area contributed by atoms with Crippen LogP contribution in [0.15, 0.2) is 18.3 Å². The number of nitrogens with zero attached hydrogens (tertiary/aromatic N) is 3. The van der Waals surface area contributed by atoms with Crippen molar-refractivity contribution in [2.75, 3.05) is 24.4 Å². The average molecular weight is 353 g/mol. The van der Waals surface area contributed by atoms with Crippen LogP contribution in [0.25, 0.3) is 0 Å². The predicted molar refractivity (Wildman–Crippen MR) is 90.5 cm³/mol. The Morgan fingerprint density at radius 3 is 2.42 bits per heavy atom. The largest absolute Gasteiger partial charge is 0.474 e. The van der Waals surface area contributed by atoms with Crippen molar-refractivity contribution in [3.05, 3.63) is 18.3 Å². The van der Waals surface area contributed by atoms with E-state index in [9.17, 15) is 13.2 Å². The highest BCUT2D eigenvalue weighted by molar-refractivity contribution is 7.93. The van der Waals surface area contributed by atoms with Crippen LogP contribution < -0.4 is 9.04 Å². The lowest BCUT2D eigenvalue weighted by atomic mass is 10.1. The summed E-state index contributed by atoms with van der Waals surface area (Å²) in [6, 6.07) is 3.42. The SMILES string of the molecule is CC(=O)N1CCC(Oc2ccc(N(C)S(=O)(=O)C3CC3)cn2)CC1. The zero-order valence-corrected chi connectivity index (χ0v) is 14.8. The van der Waals surface area contributed by atoms with Crippen LogP contribution in [0.5, 0.6) is 5.88 Å². The van der Waals surface area contributed by atoms with Gasteiger partial charge >= 0.3 is 0 Å². The van der Waals surface area contributed by atoms with Crippen LogP contribution in [0.2, 0.25) is 0 Å². The Morgan fingerprint density at radius 1 is 1.25 bits per heavy atom. The number of sulfonamides is 1. The maximum atomic E-state index is 12.2. The van der Waals surface area contributed by atoms with E-state index in [1.54, 1.807) is 26.1 Å². The second-order valence-corrected chi connectivity index (χ2v) is 8.63. The third-order valence-electron chi connectivity index (χ3n) is 4.59. The zero-order chi connectivity index (χ0) is 17.3. The standard InChI is InChI=1S/C16H23N3O4S/c1-12(20)19-9-7-14(8-10-19)23-16-6-3-13(11-17-16)18(2)24(21,22)15-4-5-15/h3,6,11,14-15H,4-5,7-10H2,1-2H3. The summed E-state index contributed by atoms with van der Waals surface area (Å²) in [6.07, 6.45) is 4.59. The summed E-state index contributed by atoms with van der Waals surface area (Å²) in [4.78, 5) is 17.4. The molecule has 2 fully saturated rings. The minimum atomic E-state index is -3.26. The molecule has 0 N–H and O–H groups in total. The lowest BCUT2D eigenvalue weighted by Gasteiger charge is -2.31. The lowest BCUT2D eigenvalue weighted by molar-refractivity contribution is -0.130. The zero-order valence-electron chi connectivity index (χ0n) is 14.0. The normalized spacial score (nSPS) is 19.2. The van der Waals surface area contributed by atoms with Gasteiger partial charge in [0.15, 0.2) is 0 Å². The number of anilines is 1. The second-order valence-electron chi connectivity index (χ2n) is 6.39. The molecule has 1 saturated carbocycles. The maximum absolute atomic E-state index is 12.2. The first-order valence-electron chi connectivity index (χ1n) is 8.24. The number of hydrogen-bond acceptors (Lipinski definition) is 5. The fraction of sp³-hybridized carbons (Fsp3) is 0.625. The van der Waals surface area contributed by atoms with Crippen molar-refractivity contribution in [2.45, 2.75) is 44.0 Å². The van der Waals surface area contributed by atoms with Gasteiger partial charge in [-0.15, -0.1) is 0 Å². The van der Waals surface area contributed by atoms with E-state index in [0.29, 0.717) is 24.7 Å². The number of likely N-dealkylation sites (tertiary alicyclic amines) is 1. The quantitative estimate of drug-likeness (QED) is 0.799.